The molecule has 1 fully saturated rings. The summed E-state index contributed by atoms with van der Waals surface area (Å²) in [6.45, 7) is 3.03. The Balaban J connectivity index is 0.00000112. The van der Waals surface area contributed by atoms with Crippen LogP contribution in [0.3, 0.4) is 0 Å². The summed E-state index contributed by atoms with van der Waals surface area (Å²) in [5.41, 5.74) is 5.54. The first-order valence-corrected chi connectivity index (χ1v) is 19.9. The Hall–Kier alpha value is -2.19. The van der Waals surface area contributed by atoms with Crippen molar-refractivity contribution in [1.29, 1.82) is 0 Å². The molecule has 0 amide bonds. The van der Waals surface area contributed by atoms with Crippen LogP contribution in [0.2, 0.25) is 0 Å². The second-order valence-corrected chi connectivity index (χ2v) is 13.9. The van der Waals surface area contributed by atoms with Crippen molar-refractivity contribution in [2.24, 2.45) is 10.9 Å². The molecule has 0 saturated heterocycles. The third kappa shape index (κ3) is 7.32. The van der Waals surface area contributed by atoms with Gasteiger partial charge in [0.05, 0.1) is 0 Å². The van der Waals surface area contributed by atoms with E-state index in [2.05, 4.69) is 79.7 Å². The van der Waals surface area contributed by atoms with Crippen LogP contribution >= 0.6 is 17.0 Å². The van der Waals surface area contributed by atoms with Crippen LogP contribution in [0.1, 0.15) is 61.3 Å². The van der Waals surface area contributed by atoms with Crippen LogP contribution in [0.15, 0.2) is 108 Å². The molecule has 5 rings (SSSR count). The van der Waals surface area contributed by atoms with E-state index < -0.39 is 26.3 Å². The van der Waals surface area contributed by atoms with Gasteiger partial charge in [-0.1, -0.05) is 122 Å². The van der Waals surface area contributed by atoms with Gasteiger partial charge in [-0.05, 0) is 47.9 Å². The van der Waals surface area contributed by atoms with Gasteiger partial charge in [0.25, 0.3) is 0 Å². The molecule has 1 N–H and O–H groups in total. The number of nitrogens with zero attached hydrogens (tertiary/aromatic N) is 1. The van der Waals surface area contributed by atoms with Gasteiger partial charge in [-0.3, -0.25) is 4.99 Å². The molecular weight excluding hydrogens is 601 g/mol. The SMILES string of the molecule is CC(c1ccccc1)(c1ccccc1)c1ccc(-c2ccccc2)c(C=NCC2CCCCC2)c1O.[Cl][Zr][Cl]. The molecule has 5 heteroatoms. The van der Waals surface area contributed by atoms with Crippen LogP contribution in [-0.4, -0.2) is 17.9 Å². The van der Waals surface area contributed by atoms with Gasteiger partial charge < -0.3 is 5.11 Å². The number of benzene rings is 4. The van der Waals surface area contributed by atoms with E-state index in [1.165, 1.54) is 32.1 Å². The fraction of sp³-hybridized carbons (Fsp3) is 0.265. The molecule has 39 heavy (non-hydrogen) atoms. The predicted molar refractivity (Wildman–Crippen MR) is 163 cm³/mol. The Morgan fingerprint density at radius 3 is 1.85 bits per heavy atom. The number of aromatic hydroxyl groups is 1. The summed E-state index contributed by atoms with van der Waals surface area (Å²) in [6, 6.07) is 35.5. The number of rotatable bonds is 7. The average molecular weight is 636 g/mol. The van der Waals surface area contributed by atoms with E-state index in [4.69, 9.17) is 22.0 Å². The fourth-order valence-corrected chi connectivity index (χ4v) is 5.70. The molecule has 0 aliphatic heterocycles. The third-order valence-electron chi connectivity index (χ3n) is 7.85. The van der Waals surface area contributed by atoms with E-state index in [0.29, 0.717) is 11.7 Å². The van der Waals surface area contributed by atoms with Crippen LogP contribution < -0.4 is 0 Å². The molecule has 0 spiro atoms. The van der Waals surface area contributed by atoms with Crippen molar-refractivity contribution in [2.45, 2.75) is 44.4 Å². The Labute approximate surface area is 251 Å². The molecule has 1 aliphatic rings. The first-order valence-electron chi connectivity index (χ1n) is 13.6. The number of hydrogen-bond donors (Lipinski definition) is 1. The van der Waals surface area contributed by atoms with Gasteiger partial charge in [0, 0.05) is 29.3 Å². The number of aliphatic imine (C=N–C) groups is 1. The monoisotopic (exact) mass is 633 g/mol. The van der Waals surface area contributed by atoms with Crippen LogP contribution in [0.5, 0.6) is 5.75 Å². The third-order valence-corrected chi connectivity index (χ3v) is 7.85. The number of halogens is 2. The van der Waals surface area contributed by atoms with E-state index in [0.717, 1.165) is 39.9 Å². The zero-order valence-electron chi connectivity index (χ0n) is 22.4. The second kappa shape index (κ2) is 15.0. The van der Waals surface area contributed by atoms with Gasteiger partial charge in [0.1, 0.15) is 5.75 Å². The topological polar surface area (TPSA) is 32.6 Å². The van der Waals surface area contributed by atoms with Crippen molar-refractivity contribution in [3.63, 3.8) is 0 Å². The zero-order valence-corrected chi connectivity index (χ0v) is 26.3. The summed E-state index contributed by atoms with van der Waals surface area (Å²) >= 11 is -0.826. The van der Waals surface area contributed by atoms with Gasteiger partial charge in [0.2, 0.25) is 0 Å². The molecule has 0 aromatic heterocycles. The Bertz CT molecular complexity index is 1280. The van der Waals surface area contributed by atoms with Crippen LogP contribution in [-0.2, 0) is 26.3 Å². The number of hydrogen-bond acceptors (Lipinski definition) is 2. The quantitative estimate of drug-likeness (QED) is 0.159. The maximum atomic E-state index is 11.9. The number of phenolic OH excluding ortho intramolecular Hbond substituents is 1. The molecule has 0 atom stereocenters. The summed E-state index contributed by atoms with van der Waals surface area (Å²) in [5.74, 6) is 0.957. The van der Waals surface area contributed by atoms with E-state index in [1.807, 2.05) is 36.5 Å². The first kappa shape index (κ1) is 29.8. The minimum atomic E-state index is -0.826. The molecule has 0 radical (unpaired) electrons. The van der Waals surface area contributed by atoms with Crippen molar-refractivity contribution < 1.29 is 26.0 Å². The van der Waals surface area contributed by atoms with Crippen LogP contribution in [0, 0.1) is 5.92 Å². The average Bonchev–Trinajstić information content (AvgIpc) is 3.00. The summed E-state index contributed by atoms with van der Waals surface area (Å²) in [5, 5.41) is 11.9. The zero-order chi connectivity index (χ0) is 27.5. The summed E-state index contributed by atoms with van der Waals surface area (Å²) < 4.78 is 0. The molecule has 0 bridgehead atoms. The summed E-state index contributed by atoms with van der Waals surface area (Å²) in [6.07, 6.45) is 8.40. The molecule has 4 aromatic carbocycles. The summed E-state index contributed by atoms with van der Waals surface area (Å²) in [7, 11) is 9.87. The van der Waals surface area contributed by atoms with E-state index in [1.54, 1.807) is 0 Å². The molecule has 1 aliphatic carbocycles. The van der Waals surface area contributed by atoms with E-state index in [9.17, 15) is 5.11 Å². The fourth-order valence-electron chi connectivity index (χ4n) is 5.70. The molecule has 2 nitrogen and oxygen atoms in total. The number of phenols is 1. The van der Waals surface area contributed by atoms with Gasteiger partial charge in [-0.25, -0.2) is 0 Å². The molecule has 0 heterocycles. The normalized spacial score (nSPS) is 14.0. The van der Waals surface area contributed by atoms with E-state index >= 15 is 0 Å². The van der Waals surface area contributed by atoms with Crippen molar-refractivity contribution in [1.82, 2.24) is 0 Å². The molecule has 200 valence electrons. The van der Waals surface area contributed by atoms with Gasteiger partial charge in [-0.15, -0.1) is 0 Å². The predicted octanol–water partition coefficient (Wildman–Crippen LogP) is 9.79. The molecule has 4 aromatic rings. The summed E-state index contributed by atoms with van der Waals surface area (Å²) in [4.78, 5) is 4.90. The second-order valence-electron chi connectivity index (χ2n) is 10.2. The Morgan fingerprint density at radius 1 is 0.795 bits per heavy atom. The van der Waals surface area contributed by atoms with E-state index in [-0.39, 0.29) is 0 Å². The maximum absolute atomic E-state index is 11.9. The van der Waals surface area contributed by atoms with Gasteiger partial charge >= 0.3 is 37.9 Å². The molecule has 0 unspecified atom stereocenters. The first-order chi connectivity index (χ1) is 19.1. The van der Waals surface area contributed by atoms with Crippen molar-refractivity contribution in [2.75, 3.05) is 6.54 Å². The molecule has 1 saturated carbocycles. The van der Waals surface area contributed by atoms with Crippen molar-refractivity contribution in [3.05, 3.63) is 125 Å². The van der Waals surface area contributed by atoms with Crippen LogP contribution in [0.25, 0.3) is 11.1 Å². The van der Waals surface area contributed by atoms with Crippen molar-refractivity contribution >= 4 is 23.2 Å². The minimum absolute atomic E-state index is 0.305. The van der Waals surface area contributed by atoms with Gasteiger partial charge in [-0.2, -0.15) is 0 Å². The van der Waals surface area contributed by atoms with Crippen LogP contribution in [0.4, 0.5) is 0 Å². The Kier molecular flexibility index (Phi) is 11.4. The van der Waals surface area contributed by atoms with Crippen molar-refractivity contribution in [3.8, 4) is 16.9 Å². The Morgan fingerprint density at radius 2 is 1.31 bits per heavy atom. The standard InChI is InChI=1S/C34H35NO.2ClH.Zr/c1-34(28-18-10-4-11-19-28,29-20-12-5-13-21-29)32-23-22-30(27-16-8-3-9-17-27)31(33(32)36)25-35-24-26-14-6-2-7-15-26;;;/h3-5,8-13,16-23,25-26,36H,2,6-7,14-15,24H2,1H3;2*1H;/q;;;+2/p-2. The molecular formula is C34H35Cl2NOZr. The van der Waals surface area contributed by atoms with Gasteiger partial charge in [0.15, 0.2) is 0 Å².